The summed E-state index contributed by atoms with van der Waals surface area (Å²) in [6, 6.07) is 7.44. The van der Waals surface area contributed by atoms with Gasteiger partial charge >= 0.3 is 5.91 Å². The van der Waals surface area contributed by atoms with Gasteiger partial charge in [0.15, 0.2) is 5.82 Å². The molecule has 0 radical (unpaired) electrons. The summed E-state index contributed by atoms with van der Waals surface area (Å²) in [5.41, 5.74) is 2.06. The molecule has 1 amide bonds. The topological polar surface area (TPSA) is 120 Å². The molecule has 3 aromatic heterocycles. The Hall–Kier alpha value is -3.99. The standard InChI is InChI=1S/C20H16ClFN8O2/c1-10-16(20(31)28-32)11(2)30(26-10)15-8-14(23-9-24-15)25-19-17(21)18(27-29(19)3)12-4-6-13(22)7-5-12/h4-9H,1-3H3,(H,23,24,25). The van der Waals surface area contributed by atoms with Gasteiger partial charge in [-0.05, 0) is 38.1 Å². The molecule has 0 aliphatic heterocycles. The van der Waals surface area contributed by atoms with Crippen LogP contribution in [0.15, 0.2) is 41.8 Å². The van der Waals surface area contributed by atoms with Crippen LogP contribution in [-0.2, 0) is 7.05 Å². The minimum absolute atomic E-state index is 0.131. The number of nitroso groups, excluding NO2 is 1. The zero-order chi connectivity index (χ0) is 23.0. The summed E-state index contributed by atoms with van der Waals surface area (Å²) in [5, 5.41) is 14.6. The van der Waals surface area contributed by atoms with Gasteiger partial charge in [-0.25, -0.2) is 19.0 Å². The molecule has 0 aliphatic carbocycles. The van der Waals surface area contributed by atoms with E-state index >= 15 is 0 Å². The molecule has 4 rings (SSSR count). The third-order valence-electron chi connectivity index (χ3n) is 4.81. The number of aryl methyl sites for hydroxylation is 2. The highest BCUT2D eigenvalue weighted by molar-refractivity contribution is 6.35. The first-order chi connectivity index (χ1) is 15.3. The maximum atomic E-state index is 13.2. The van der Waals surface area contributed by atoms with Gasteiger partial charge < -0.3 is 5.32 Å². The van der Waals surface area contributed by atoms with Gasteiger partial charge in [0, 0.05) is 23.9 Å². The largest absolute Gasteiger partial charge is 0.324 e. The lowest BCUT2D eigenvalue weighted by atomic mass is 10.1. The lowest BCUT2D eigenvalue weighted by Gasteiger charge is -2.08. The van der Waals surface area contributed by atoms with Gasteiger partial charge in [-0.1, -0.05) is 11.6 Å². The van der Waals surface area contributed by atoms with Crippen molar-refractivity contribution in [3.05, 3.63) is 69.4 Å². The summed E-state index contributed by atoms with van der Waals surface area (Å²) in [6.45, 7) is 3.25. The Morgan fingerprint density at radius 2 is 1.88 bits per heavy atom. The highest BCUT2D eigenvalue weighted by Gasteiger charge is 2.21. The summed E-state index contributed by atoms with van der Waals surface area (Å²) in [5.74, 6) is -0.0335. The summed E-state index contributed by atoms with van der Waals surface area (Å²) in [7, 11) is 1.70. The second kappa shape index (κ2) is 8.27. The minimum Gasteiger partial charge on any atom is -0.324 e. The molecule has 0 saturated heterocycles. The summed E-state index contributed by atoms with van der Waals surface area (Å²) >= 11 is 6.53. The van der Waals surface area contributed by atoms with Crippen LogP contribution in [0, 0.1) is 24.6 Å². The maximum absolute atomic E-state index is 13.2. The lowest BCUT2D eigenvalue weighted by molar-refractivity contribution is 0.0999. The Labute approximate surface area is 186 Å². The highest BCUT2D eigenvalue weighted by atomic mass is 35.5. The normalized spacial score (nSPS) is 10.9. The number of hydrogen-bond acceptors (Lipinski definition) is 7. The molecule has 0 saturated carbocycles. The minimum atomic E-state index is -0.895. The third-order valence-corrected chi connectivity index (χ3v) is 5.17. The number of aromatic nitrogens is 6. The van der Waals surface area contributed by atoms with Crippen LogP contribution in [0.5, 0.6) is 0 Å². The van der Waals surface area contributed by atoms with E-state index in [-0.39, 0.29) is 11.4 Å². The van der Waals surface area contributed by atoms with Gasteiger partial charge in [0.2, 0.25) is 0 Å². The van der Waals surface area contributed by atoms with Gasteiger partial charge in [0.05, 0.1) is 17.0 Å². The fourth-order valence-corrected chi connectivity index (χ4v) is 3.62. The van der Waals surface area contributed by atoms with E-state index in [0.29, 0.717) is 45.1 Å². The van der Waals surface area contributed by atoms with Gasteiger partial charge in [0.1, 0.15) is 34.5 Å². The number of hydrogen-bond donors (Lipinski definition) is 1. The molecule has 1 N–H and O–H groups in total. The number of benzene rings is 1. The third kappa shape index (κ3) is 3.73. The van der Waals surface area contributed by atoms with Crippen LogP contribution in [0.2, 0.25) is 5.02 Å². The van der Waals surface area contributed by atoms with E-state index in [1.54, 1.807) is 43.8 Å². The Morgan fingerprint density at radius 1 is 1.16 bits per heavy atom. The number of nitrogens with zero attached hydrogens (tertiary/aromatic N) is 7. The first-order valence-corrected chi connectivity index (χ1v) is 9.69. The number of anilines is 2. The number of amides is 1. The van der Waals surface area contributed by atoms with Crippen molar-refractivity contribution in [1.82, 2.24) is 29.5 Å². The van der Waals surface area contributed by atoms with Crippen molar-refractivity contribution in [2.45, 2.75) is 13.8 Å². The molecule has 4 aromatic rings. The molecule has 162 valence electrons. The van der Waals surface area contributed by atoms with E-state index < -0.39 is 5.91 Å². The zero-order valence-electron chi connectivity index (χ0n) is 17.2. The van der Waals surface area contributed by atoms with Crippen LogP contribution in [0.1, 0.15) is 21.7 Å². The molecular formula is C20H16ClFN8O2. The molecule has 0 bridgehead atoms. The zero-order valence-corrected chi connectivity index (χ0v) is 17.9. The average Bonchev–Trinajstić information content (AvgIpc) is 3.24. The molecular weight excluding hydrogens is 439 g/mol. The van der Waals surface area contributed by atoms with E-state index in [0.717, 1.165) is 0 Å². The van der Waals surface area contributed by atoms with E-state index in [2.05, 4.69) is 30.7 Å². The van der Waals surface area contributed by atoms with E-state index in [9.17, 15) is 14.1 Å². The molecule has 0 spiro atoms. The van der Waals surface area contributed by atoms with Gasteiger partial charge in [-0.3, -0.25) is 9.48 Å². The second-order valence-corrected chi connectivity index (χ2v) is 7.26. The number of halogens is 2. The summed E-state index contributed by atoms with van der Waals surface area (Å²) < 4.78 is 16.2. The van der Waals surface area contributed by atoms with Crippen molar-refractivity contribution >= 4 is 29.1 Å². The van der Waals surface area contributed by atoms with Crippen molar-refractivity contribution in [2.75, 3.05) is 5.32 Å². The SMILES string of the molecule is Cc1nn(-c2cc(Nc3c(Cl)c(-c4ccc(F)cc4)nn3C)ncn2)c(C)c1C(=O)N=O. The molecule has 32 heavy (non-hydrogen) atoms. The molecule has 0 atom stereocenters. The molecule has 1 aromatic carbocycles. The fourth-order valence-electron chi connectivity index (χ4n) is 3.30. The Balaban J connectivity index is 1.68. The van der Waals surface area contributed by atoms with Gasteiger partial charge in [-0.2, -0.15) is 10.2 Å². The Morgan fingerprint density at radius 3 is 2.56 bits per heavy atom. The fraction of sp³-hybridized carbons (Fsp3) is 0.150. The smallest absolute Gasteiger partial charge is 0.320 e. The maximum Gasteiger partial charge on any atom is 0.320 e. The van der Waals surface area contributed by atoms with Crippen LogP contribution in [0.4, 0.5) is 16.0 Å². The predicted octanol–water partition coefficient (Wildman–Crippen LogP) is 4.12. The molecule has 0 fully saturated rings. The van der Waals surface area contributed by atoms with Crippen LogP contribution >= 0.6 is 11.6 Å². The van der Waals surface area contributed by atoms with Crippen LogP contribution in [0.25, 0.3) is 17.1 Å². The van der Waals surface area contributed by atoms with E-state index in [1.165, 1.54) is 23.1 Å². The lowest BCUT2D eigenvalue weighted by Crippen LogP contribution is -2.06. The molecule has 3 heterocycles. The van der Waals surface area contributed by atoms with Crippen molar-refractivity contribution in [3.8, 4) is 17.1 Å². The molecule has 12 heteroatoms. The number of carbonyl (C=O) groups is 1. The molecule has 0 unspecified atom stereocenters. The van der Waals surface area contributed by atoms with Gasteiger partial charge in [-0.15, -0.1) is 4.91 Å². The van der Waals surface area contributed by atoms with Crippen molar-refractivity contribution in [2.24, 2.45) is 12.2 Å². The second-order valence-electron chi connectivity index (χ2n) is 6.88. The predicted molar refractivity (Wildman–Crippen MR) is 116 cm³/mol. The Bertz CT molecular complexity index is 1350. The number of rotatable bonds is 5. The number of carbonyl (C=O) groups excluding carboxylic acids is 1. The average molecular weight is 455 g/mol. The van der Waals surface area contributed by atoms with E-state index in [1.807, 2.05) is 0 Å². The highest BCUT2D eigenvalue weighted by Crippen LogP contribution is 2.34. The first-order valence-electron chi connectivity index (χ1n) is 9.32. The van der Waals surface area contributed by atoms with Gasteiger partial charge in [0.25, 0.3) is 0 Å². The van der Waals surface area contributed by atoms with Crippen LogP contribution < -0.4 is 5.32 Å². The monoisotopic (exact) mass is 454 g/mol. The van der Waals surface area contributed by atoms with Crippen molar-refractivity contribution < 1.29 is 9.18 Å². The number of nitrogens with one attached hydrogen (secondary N) is 1. The van der Waals surface area contributed by atoms with Crippen LogP contribution in [-0.4, -0.2) is 35.4 Å². The van der Waals surface area contributed by atoms with Crippen molar-refractivity contribution in [3.63, 3.8) is 0 Å². The molecule has 0 aliphatic rings. The first kappa shape index (κ1) is 21.2. The van der Waals surface area contributed by atoms with Crippen LogP contribution in [0.3, 0.4) is 0 Å². The summed E-state index contributed by atoms with van der Waals surface area (Å²) in [6.07, 6.45) is 1.32. The Kier molecular flexibility index (Phi) is 5.49. The quantitative estimate of drug-likeness (QED) is 0.450. The van der Waals surface area contributed by atoms with E-state index in [4.69, 9.17) is 11.6 Å². The molecule has 10 nitrogen and oxygen atoms in total. The van der Waals surface area contributed by atoms with Crippen molar-refractivity contribution in [1.29, 1.82) is 0 Å². The summed E-state index contributed by atoms with van der Waals surface area (Å²) in [4.78, 5) is 30.9.